The molecule has 0 heterocycles. The number of nitrogens with one attached hydrogen (secondary N) is 2. The Labute approximate surface area is 196 Å². The molecule has 2 N–H and O–H groups in total. The van der Waals surface area contributed by atoms with Crippen molar-refractivity contribution in [3.63, 3.8) is 0 Å². The second kappa shape index (κ2) is 11.7. The molecule has 1 unspecified atom stereocenters. The number of benzene rings is 2. The summed E-state index contributed by atoms with van der Waals surface area (Å²) in [6, 6.07) is 11.7. The topological polar surface area (TPSA) is 97.0 Å². The number of amides is 1. The van der Waals surface area contributed by atoms with Crippen molar-refractivity contribution in [2.45, 2.75) is 26.3 Å². The molecule has 2 atom stereocenters. The Balaban J connectivity index is 2.38. The molecular weight excluding hydrogens is 442 g/mol. The van der Waals surface area contributed by atoms with Gasteiger partial charge in [-0.1, -0.05) is 50.5 Å². The number of carbonyl (C=O) groups excluding carboxylic acids is 1. The molecule has 2 rings (SSSR count). The molecular formula is C24H31N3O5S. The summed E-state index contributed by atoms with van der Waals surface area (Å²) in [5.74, 6) is 2.76. The number of ether oxygens (including phenoxy) is 2. The molecule has 0 aromatic heterocycles. The molecule has 33 heavy (non-hydrogen) atoms. The van der Waals surface area contributed by atoms with Crippen LogP contribution in [0.2, 0.25) is 0 Å². The molecule has 0 radical (unpaired) electrons. The lowest BCUT2D eigenvalue weighted by atomic mass is 9.98. The van der Waals surface area contributed by atoms with Crippen LogP contribution in [0.25, 0.3) is 11.1 Å². The van der Waals surface area contributed by atoms with Crippen LogP contribution in [0.4, 0.5) is 5.69 Å². The van der Waals surface area contributed by atoms with E-state index in [1.807, 2.05) is 32.0 Å². The second-order valence-corrected chi connectivity index (χ2v) is 9.58. The van der Waals surface area contributed by atoms with Crippen LogP contribution in [0, 0.1) is 18.3 Å². The van der Waals surface area contributed by atoms with Gasteiger partial charge in [0.15, 0.2) is 11.5 Å². The number of methoxy groups -OCH3 is 1. The molecule has 0 fully saturated rings. The van der Waals surface area contributed by atoms with Gasteiger partial charge in [0.05, 0.1) is 7.11 Å². The van der Waals surface area contributed by atoms with E-state index in [0.717, 1.165) is 15.4 Å². The Morgan fingerprint density at radius 2 is 1.88 bits per heavy atom. The number of carbonyl (C=O) groups is 1. The first kappa shape index (κ1) is 26.2. The molecule has 0 bridgehead atoms. The number of rotatable bonds is 11. The third-order valence-corrected chi connectivity index (χ3v) is 6.74. The predicted octanol–water partition coefficient (Wildman–Crippen LogP) is 3.12. The maximum atomic E-state index is 13.2. The van der Waals surface area contributed by atoms with Crippen LogP contribution in [0.15, 0.2) is 42.5 Å². The fourth-order valence-electron chi connectivity index (χ4n) is 3.06. The van der Waals surface area contributed by atoms with Crippen molar-refractivity contribution in [2.75, 3.05) is 33.1 Å². The summed E-state index contributed by atoms with van der Waals surface area (Å²) in [5, 5.41) is 2.89. The Hall–Kier alpha value is -3.06. The number of terminal acetylenes is 1. The summed E-state index contributed by atoms with van der Waals surface area (Å²) in [6.07, 6.45) is 5.88. The van der Waals surface area contributed by atoms with Crippen LogP contribution in [0.1, 0.15) is 20.3 Å². The Bertz CT molecular complexity index is 1110. The number of anilines is 1. The lowest BCUT2D eigenvalue weighted by Crippen LogP contribution is -2.50. The van der Waals surface area contributed by atoms with Crippen molar-refractivity contribution in [1.29, 1.82) is 0 Å². The summed E-state index contributed by atoms with van der Waals surface area (Å²) in [5.41, 5.74) is 2.06. The van der Waals surface area contributed by atoms with Crippen LogP contribution < -0.4 is 19.5 Å². The predicted molar refractivity (Wildman–Crippen MR) is 130 cm³/mol. The normalized spacial score (nSPS) is 13.1. The van der Waals surface area contributed by atoms with Crippen molar-refractivity contribution < 1.29 is 22.7 Å². The zero-order chi connectivity index (χ0) is 24.6. The monoisotopic (exact) mass is 473 g/mol. The largest absolute Gasteiger partial charge is 0.493 e. The summed E-state index contributed by atoms with van der Waals surface area (Å²) >= 11 is 0. The highest BCUT2D eigenvalue weighted by Gasteiger charge is 2.30. The standard InChI is InChI=1S/C24H31N3O5S/c1-7-15-32-21-14-13-18(16-22(21)31-6)19-11-9-10-12-20(19)25-24(28)23(17(3)8-2)26-33(29,30)27(4)5/h1,9-14,16-17,23,26H,8,15H2,2-6H3,(H,25,28)/t17?,23-/m0/s1. The highest BCUT2D eigenvalue weighted by atomic mass is 32.2. The van der Waals surface area contributed by atoms with E-state index in [0.29, 0.717) is 23.6 Å². The van der Waals surface area contributed by atoms with Gasteiger partial charge in [0.1, 0.15) is 12.6 Å². The van der Waals surface area contributed by atoms with Gasteiger partial charge in [-0.2, -0.15) is 17.4 Å². The van der Waals surface area contributed by atoms with Crippen molar-refractivity contribution >= 4 is 21.8 Å². The van der Waals surface area contributed by atoms with Gasteiger partial charge in [0, 0.05) is 25.3 Å². The summed E-state index contributed by atoms with van der Waals surface area (Å²) < 4.78 is 39.2. The summed E-state index contributed by atoms with van der Waals surface area (Å²) in [4.78, 5) is 13.2. The number of para-hydroxylation sites is 1. The van der Waals surface area contributed by atoms with E-state index in [-0.39, 0.29) is 12.5 Å². The van der Waals surface area contributed by atoms with Crippen LogP contribution in [0.5, 0.6) is 11.5 Å². The molecule has 0 saturated carbocycles. The smallest absolute Gasteiger partial charge is 0.279 e. The fraction of sp³-hybridized carbons (Fsp3) is 0.375. The first-order chi connectivity index (χ1) is 15.6. The van der Waals surface area contributed by atoms with Gasteiger partial charge in [-0.25, -0.2) is 0 Å². The molecule has 9 heteroatoms. The maximum absolute atomic E-state index is 13.2. The third kappa shape index (κ3) is 6.71. The van der Waals surface area contributed by atoms with E-state index in [1.165, 1.54) is 21.2 Å². The Morgan fingerprint density at radius 1 is 1.18 bits per heavy atom. The van der Waals surface area contributed by atoms with Gasteiger partial charge < -0.3 is 14.8 Å². The SMILES string of the molecule is C#CCOc1ccc(-c2ccccc2NC(=O)[C@@H](NS(=O)(=O)N(C)C)C(C)CC)cc1OC. The van der Waals surface area contributed by atoms with Crippen LogP contribution in [-0.4, -0.2) is 52.5 Å². The minimum atomic E-state index is -3.80. The van der Waals surface area contributed by atoms with E-state index in [2.05, 4.69) is 16.0 Å². The van der Waals surface area contributed by atoms with E-state index in [4.69, 9.17) is 15.9 Å². The van der Waals surface area contributed by atoms with Crippen LogP contribution in [-0.2, 0) is 15.0 Å². The van der Waals surface area contributed by atoms with Gasteiger partial charge in [-0.05, 0) is 29.7 Å². The lowest BCUT2D eigenvalue weighted by molar-refractivity contribution is -0.118. The molecule has 2 aromatic carbocycles. The number of hydrogen-bond acceptors (Lipinski definition) is 5. The third-order valence-electron chi connectivity index (χ3n) is 5.22. The first-order valence-electron chi connectivity index (χ1n) is 10.5. The quantitative estimate of drug-likeness (QED) is 0.489. The maximum Gasteiger partial charge on any atom is 0.279 e. The molecule has 8 nitrogen and oxygen atoms in total. The average Bonchev–Trinajstić information content (AvgIpc) is 2.80. The first-order valence-corrected chi connectivity index (χ1v) is 11.9. The van der Waals surface area contributed by atoms with Crippen LogP contribution >= 0.6 is 0 Å². The lowest BCUT2D eigenvalue weighted by Gasteiger charge is -2.25. The molecule has 0 spiro atoms. The molecule has 0 aliphatic heterocycles. The molecule has 0 aliphatic rings. The van der Waals surface area contributed by atoms with Gasteiger partial charge in [0.2, 0.25) is 5.91 Å². The zero-order valence-corrected chi connectivity index (χ0v) is 20.4. The number of hydrogen-bond donors (Lipinski definition) is 2. The van der Waals surface area contributed by atoms with Gasteiger partial charge in [-0.15, -0.1) is 6.42 Å². The van der Waals surface area contributed by atoms with Gasteiger partial charge in [-0.3, -0.25) is 4.79 Å². The highest BCUT2D eigenvalue weighted by molar-refractivity contribution is 7.87. The van der Waals surface area contributed by atoms with E-state index in [9.17, 15) is 13.2 Å². The minimum Gasteiger partial charge on any atom is -0.493 e. The van der Waals surface area contributed by atoms with Gasteiger partial charge in [0.25, 0.3) is 10.2 Å². The van der Waals surface area contributed by atoms with E-state index >= 15 is 0 Å². The van der Waals surface area contributed by atoms with Crippen molar-refractivity contribution in [1.82, 2.24) is 9.03 Å². The zero-order valence-electron chi connectivity index (χ0n) is 19.6. The molecule has 0 aliphatic carbocycles. The fourth-order valence-corrected chi connectivity index (χ4v) is 3.93. The van der Waals surface area contributed by atoms with E-state index in [1.54, 1.807) is 24.3 Å². The Morgan fingerprint density at radius 3 is 2.48 bits per heavy atom. The minimum absolute atomic E-state index is 0.113. The number of nitrogens with zero attached hydrogens (tertiary/aromatic N) is 1. The average molecular weight is 474 g/mol. The van der Waals surface area contributed by atoms with E-state index < -0.39 is 22.2 Å². The Kier molecular flexibility index (Phi) is 9.29. The molecule has 1 amide bonds. The van der Waals surface area contributed by atoms with Crippen molar-refractivity contribution in [3.05, 3.63) is 42.5 Å². The molecule has 0 saturated heterocycles. The van der Waals surface area contributed by atoms with Crippen molar-refractivity contribution in [2.24, 2.45) is 5.92 Å². The molecule has 2 aromatic rings. The van der Waals surface area contributed by atoms with Crippen LogP contribution in [0.3, 0.4) is 0 Å². The van der Waals surface area contributed by atoms with Crippen molar-refractivity contribution in [3.8, 4) is 35.0 Å². The second-order valence-electron chi connectivity index (χ2n) is 7.66. The van der Waals surface area contributed by atoms with Gasteiger partial charge >= 0.3 is 0 Å². The highest BCUT2D eigenvalue weighted by Crippen LogP contribution is 2.35. The summed E-state index contributed by atoms with van der Waals surface area (Å²) in [6.45, 7) is 3.84. The summed E-state index contributed by atoms with van der Waals surface area (Å²) in [7, 11) is 0.556. The molecule has 178 valence electrons.